The summed E-state index contributed by atoms with van der Waals surface area (Å²) in [5.41, 5.74) is 1.71. The number of hydrogen-bond acceptors (Lipinski definition) is 4. The Morgan fingerprint density at radius 2 is 2.07 bits per heavy atom. The Labute approximate surface area is 90.2 Å². The Hall–Kier alpha value is -1.58. The van der Waals surface area contributed by atoms with E-state index < -0.39 is 0 Å². The molecule has 0 aromatic carbocycles. The molecule has 1 heterocycles. The van der Waals surface area contributed by atoms with Gasteiger partial charge in [-0.05, 0) is 32.9 Å². The van der Waals surface area contributed by atoms with Crippen LogP contribution in [0.5, 0.6) is 0 Å². The van der Waals surface area contributed by atoms with Crippen molar-refractivity contribution < 1.29 is 5.21 Å². The first-order valence-electron chi connectivity index (χ1n) is 5.13. The molecule has 0 atom stereocenters. The van der Waals surface area contributed by atoms with Crippen molar-refractivity contribution in [1.29, 1.82) is 0 Å². The second-order valence-electron chi connectivity index (χ2n) is 3.26. The lowest BCUT2D eigenvalue weighted by Gasteiger charge is -2.20. The standard InChI is InChI=1S/C11H17N3O/c1-4-14(5-2)11-7-6-10(8-12-15)9(3)13-11/h6-8,15H,4-5H2,1-3H3/b12-8-. The molecule has 0 radical (unpaired) electrons. The summed E-state index contributed by atoms with van der Waals surface area (Å²) in [4.78, 5) is 6.63. The molecule has 15 heavy (non-hydrogen) atoms. The molecule has 1 aromatic heterocycles. The normalized spacial score (nSPS) is 10.9. The van der Waals surface area contributed by atoms with Gasteiger partial charge in [-0.1, -0.05) is 5.16 Å². The molecule has 1 N–H and O–H groups in total. The minimum absolute atomic E-state index is 0.841. The zero-order valence-corrected chi connectivity index (χ0v) is 9.44. The monoisotopic (exact) mass is 207 g/mol. The van der Waals surface area contributed by atoms with E-state index >= 15 is 0 Å². The van der Waals surface area contributed by atoms with Crippen LogP contribution < -0.4 is 4.90 Å². The summed E-state index contributed by atoms with van der Waals surface area (Å²) in [6.07, 6.45) is 1.40. The van der Waals surface area contributed by atoms with E-state index in [0.717, 1.165) is 30.2 Å². The number of aryl methyl sites for hydroxylation is 1. The Bertz CT molecular complexity index is 346. The highest BCUT2D eigenvalue weighted by Crippen LogP contribution is 2.13. The smallest absolute Gasteiger partial charge is 0.128 e. The first kappa shape index (κ1) is 11.5. The molecule has 0 aliphatic heterocycles. The summed E-state index contributed by atoms with van der Waals surface area (Å²) in [5.74, 6) is 0.965. The number of aromatic nitrogens is 1. The fourth-order valence-corrected chi connectivity index (χ4v) is 1.48. The molecule has 0 amide bonds. The SMILES string of the molecule is CCN(CC)c1ccc(/C=N\O)c(C)n1. The average molecular weight is 207 g/mol. The Morgan fingerprint density at radius 1 is 1.40 bits per heavy atom. The van der Waals surface area contributed by atoms with Crippen LogP contribution in [-0.2, 0) is 0 Å². The molecule has 0 saturated heterocycles. The third-order valence-corrected chi connectivity index (χ3v) is 2.40. The first-order chi connectivity index (χ1) is 7.22. The van der Waals surface area contributed by atoms with Crippen LogP contribution in [0.1, 0.15) is 25.1 Å². The van der Waals surface area contributed by atoms with Crippen LogP contribution in [0, 0.1) is 6.92 Å². The molecule has 0 saturated carbocycles. The van der Waals surface area contributed by atoms with E-state index in [0.29, 0.717) is 0 Å². The summed E-state index contributed by atoms with van der Waals surface area (Å²) in [6.45, 7) is 7.99. The molecule has 1 rings (SSSR count). The first-order valence-corrected chi connectivity index (χ1v) is 5.13. The van der Waals surface area contributed by atoms with E-state index in [1.807, 2.05) is 19.1 Å². The number of pyridine rings is 1. The Balaban J connectivity index is 2.99. The molecule has 1 aromatic rings. The Kier molecular flexibility index (Phi) is 4.09. The van der Waals surface area contributed by atoms with Crippen molar-refractivity contribution >= 4 is 12.0 Å². The molecule has 0 fully saturated rings. The minimum atomic E-state index is 0.841. The van der Waals surface area contributed by atoms with Crippen molar-refractivity contribution in [3.05, 3.63) is 23.4 Å². The van der Waals surface area contributed by atoms with Gasteiger partial charge in [-0.2, -0.15) is 0 Å². The van der Waals surface area contributed by atoms with E-state index in [1.165, 1.54) is 6.21 Å². The molecule has 0 aliphatic rings. The van der Waals surface area contributed by atoms with Crippen molar-refractivity contribution in [3.8, 4) is 0 Å². The number of nitrogens with zero attached hydrogens (tertiary/aromatic N) is 3. The minimum Gasteiger partial charge on any atom is -0.411 e. The van der Waals surface area contributed by atoms with Gasteiger partial charge in [-0.3, -0.25) is 0 Å². The van der Waals surface area contributed by atoms with Gasteiger partial charge in [0, 0.05) is 24.3 Å². The molecule has 0 spiro atoms. The molecule has 0 bridgehead atoms. The van der Waals surface area contributed by atoms with Gasteiger partial charge in [-0.15, -0.1) is 0 Å². The second-order valence-corrected chi connectivity index (χ2v) is 3.26. The maximum atomic E-state index is 8.45. The van der Waals surface area contributed by atoms with Gasteiger partial charge in [-0.25, -0.2) is 4.98 Å². The quantitative estimate of drug-likeness (QED) is 0.467. The molecule has 4 heteroatoms. The predicted octanol–water partition coefficient (Wildman–Crippen LogP) is 2.04. The van der Waals surface area contributed by atoms with E-state index in [2.05, 4.69) is 28.9 Å². The molecule has 82 valence electrons. The topological polar surface area (TPSA) is 48.7 Å². The van der Waals surface area contributed by atoms with Crippen molar-refractivity contribution in [2.24, 2.45) is 5.16 Å². The van der Waals surface area contributed by atoms with Gasteiger partial charge in [0.15, 0.2) is 0 Å². The number of hydrogen-bond donors (Lipinski definition) is 1. The molecule has 0 aliphatic carbocycles. The highest BCUT2D eigenvalue weighted by molar-refractivity contribution is 5.80. The van der Waals surface area contributed by atoms with E-state index in [4.69, 9.17) is 5.21 Å². The molecule has 4 nitrogen and oxygen atoms in total. The summed E-state index contributed by atoms with van der Waals surface area (Å²) >= 11 is 0. The van der Waals surface area contributed by atoms with Gasteiger partial charge in [0.05, 0.1) is 6.21 Å². The van der Waals surface area contributed by atoms with Crippen LogP contribution in [0.2, 0.25) is 0 Å². The zero-order chi connectivity index (χ0) is 11.3. The van der Waals surface area contributed by atoms with Crippen LogP contribution in [0.3, 0.4) is 0 Å². The maximum Gasteiger partial charge on any atom is 0.128 e. The van der Waals surface area contributed by atoms with Gasteiger partial charge in [0.25, 0.3) is 0 Å². The fourth-order valence-electron chi connectivity index (χ4n) is 1.48. The summed E-state index contributed by atoms with van der Waals surface area (Å²) < 4.78 is 0. The van der Waals surface area contributed by atoms with Crippen LogP contribution in [0.15, 0.2) is 17.3 Å². The summed E-state index contributed by atoms with van der Waals surface area (Å²) in [5, 5.41) is 11.4. The van der Waals surface area contributed by atoms with Crippen molar-refractivity contribution in [2.75, 3.05) is 18.0 Å². The highest BCUT2D eigenvalue weighted by Gasteiger charge is 2.05. The maximum absolute atomic E-state index is 8.45. The lowest BCUT2D eigenvalue weighted by Crippen LogP contribution is -2.23. The largest absolute Gasteiger partial charge is 0.411 e. The fraction of sp³-hybridized carbons (Fsp3) is 0.455. The molecular formula is C11H17N3O. The number of oxime groups is 1. The van der Waals surface area contributed by atoms with Gasteiger partial charge in [0.1, 0.15) is 5.82 Å². The van der Waals surface area contributed by atoms with Crippen LogP contribution in [0.25, 0.3) is 0 Å². The van der Waals surface area contributed by atoms with Crippen molar-refractivity contribution in [3.63, 3.8) is 0 Å². The summed E-state index contributed by atoms with van der Waals surface area (Å²) in [6, 6.07) is 3.85. The van der Waals surface area contributed by atoms with Gasteiger partial charge < -0.3 is 10.1 Å². The van der Waals surface area contributed by atoms with Crippen LogP contribution in [0.4, 0.5) is 5.82 Å². The average Bonchev–Trinajstić information content (AvgIpc) is 2.24. The summed E-state index contributed by atoms with van der Waals surface area (Å²) in [7, 11) is 0. The van der Waals surface area contributed by atoms with Gasteiger partial charge in [0.2, 0.25) is 0 Å². The predicted molar refractivity (Wildman–Crippen MR) is 61.9 cm³/mol. The molecular weight excluding hydrogens is 190 g/mol. The van der Waals surface area contributed by atoms with Crippen molar-refractivity contribution in [1.82, 2.24) is 4.98 Å². The lowest BCUT2D eigenvalue weighted by atomic mass is 10.2. The van der Waals surface area contributed by atoms with E-state index in [9.17, 15) is 0 Å². The van der Waals surface area contributed by atoms with Crippen LogP contribution >= 0.6 is 0 Å². The number of rotatable bonds is 4. The lowest BCUT2D eigenvalue weighted by molar-refractivity contribution is 0.322. The number of anilines is 1. The van der Waals surface area contributed by atoms with E-state index in [1.54, 1.807) is 0 Å². The van der Waals surface area contributed by atoms with Crippen molar-refractivity contribution in [2.45, 2.75) is 20.8 Å². The zero-order valence-electron chi connectivity index (χ0n) is 9.44. The molecule has 0 unspecified atom stereocenters. The highest BCUT2D eigenvalue weighted by atomic mass is 16.4. The van der Waals surface area contributed by atoms with E-state index in [-0.39, 0.29) is 0 Å². The van der Waals surface area contributed by atoms with Gasteiger partial charge >= 0.3 is 0 Å². The third-order valence-electron chi connectivity index (χ3n) is 2.40. The second kappa shape index (κ2) is 5.34. The third kappa shape index (κ3) is 2.68. The van der Waals surface area contributed by atoms with Crippen LogP contribution in [-0.4, -0.2) is 29.5 Å². The Morgan fingerprint density at radius 3 is 2.53 bits per heavy atom.